The number of carbonyl (C=O) groups is 1. The average Bonchev–Trinajstić information content (AvgIpc) is 3.69. The number of halogens is 3. The maximum atomic E-state index is 15.9. The Morgan fingerprint density at radius 2 is 1.88 bits per heavy atom. The van der Waals surface area contributed by atoms with Gasteiger partial charge in [-0.2, -0.15) is 4.68 Å². The molecule has 1 amide bonds. The maximum absolute atomic E-state index is 15.9. The van der Waals surface area contributed by atoms with Gasteiger partial charge < -0.3 is 15.0 Å². The third kappa shape index (κ3) is 3.86. The molecule has 0 radical (unpaired) electrons. The first-order valence-corrected chi connectivity index (χ1v) is 13.8. The summed E-state index contributed by atoms with van der Waals surface area (Å²) < 4.78 is 32.2. The average molecular weight is 584 g/mol. The van der Waals surface area contributed by atoms with Gasteiger partial charge in [0, 0.05) is 23.4 Å². The van der Waals surface area contributed by atoms with Crippen LogP contribution in [0.1, 0.15) is 29.5 Å². The molecule has 2 aliphatic rings. The Kier molecular flexibility index (Phi) is 6.54. The van der Waals surface area contributed by atoms with Crippen molar-refractivity contribution in [2.24, 2.45) is 0 Å². The van der Waals surface area contributed by atoms with Crippen molar-refractivity contribution in [1.29, 1.82) is 0 Å². The fourth-order valence-electron chi connectivity index (χ4n) is 6.88. The number of H-pyrrole nitrogens is 1. The van der Waals surface area contributed by atoms with E-state index in [4.69, 9.17) is 11.6 Å². The van der Waals surface area contributed by atoms with Gasteiger partial charge in [-0.25, -0.2) is 13.8 Å². The summed E-state index contributed by atoms with van der Waals surface area (Å²) in [6, 6.07) is 4.08. The van der Waals surface area contributed by atoms with E-state index in [0.717, 1.165) is 0 Å². The van der Waals surface area contributed by atoms with Crippen molar-refractivity contribution in [3.63, 3.8) is 0 Å². The summed E-state index contributed by atoms with van der Waals surface area (Å²) in [7, 11) is 10.1. The van der Waals surface area contributed by atoms with Gasteiger partial charge in [0.2, 0.25) is 5.91 Å². The maximum Gasteiger partial charge on any atom is 0.247 e. The van der Waals surface area contributed by atoms with Crippen molar-refractivity contribution in [2.45, 2.75) is 34.9 Å². The molecule has 0 bridgehead atoms. The minimum Gasteiger partial charge on any atom is -0.390 e. The smallest absolute Gasteiger partial charge is 0.247 e. The molecule has 2 aliphatic heterocycles. The lowest BCUT2D eigenvalue weighted by molar-refractivity contribution is -0.131. The Morgan fingerprint density at radius 3 is 2.57 bits per heavy atom. The van der Waals surface area contributed by atoms with Crippen LogP contribution in [0.2, 0.25) is 15.5 Å². The van der Waals surface area contributed by atoms with Crippen LogP contribution >= 0.6 is 11.6 Å². The molecule has 2 N–H and O–H groups in total. The number of carbonyl (C=O) groups excluding carboxylic acids is 1. The SMILES string of the molecule is BC1(B)C[C@@H](c2ncc(-c3ccnc(CO)c3F)[nH]2)N2C(=O)C=C(c3c(-n4cnnn4)ccc(Cl)c3F)C(B)(B)[C@]21B. The molecule has 1 aromatic carbocycles. The zero-order chi connectivity index (χ0) is 30.2. The molecule has 42 heavy (non-hydrogen) atoms. The quantitative estimate of drug-likeness (QED) is 0.269. The summed E-state index contributed by atoms with van der Waals surface area (Å²) in [5.41, 5.74) is 0.693. The van der Waals surface area contributed by atoms with E-state index < -0.39 is 40.1 Å². The number of imidazole rings is 1. The number of aliphatic hydroxyl groups is 1. The van der Waals surface area contributed by atoms with E-state index >= 15 is 4.39 Å². The van der Waals surface area contributed by atoms with Crippen molar-refractivity contribution < 1.29 is 18.7 Å². The summed E-state index contributed by atoms with van der Waals surface area (Å²) in [5.74, 6) is -1.14. The van der Waals surface area contributed by atoms with Gasteiger partial charge in [-0.15, -0.1) is 5.10 Å². The number of benzene rings is 1. The highest BCUT2D eigenvalue weighted by Gasteiger charge is 2.65. The van der Waals surface area contributed by atoms with E-state index in [1.165, 1.54) is 41.6 Å². The zero-order valence-corrected chi connectivity index (χ0v) is 24.4. The molecule has 0 unspecified atom stereocenters. The summed E-state index contributed by atoms with van der Waals surface area (Å²) in [4.78, 5) is 27.6. The van der Waals surface area contributed by atoms with E-state index in [0.29, 0.717) is 29.2 Å². The largest absolute Gasteiger partial charge is 0.390 e. The second-order valence-electron chi connectivity index (χ2n) is 12.0. The van der Waals surface area contributed by atoms with E-state index in [-0.39, 0.29) is 27.8 Å². The van der Waals surface area contributed by atoms with E-state index in [9.17, 15) is 14.3 Å². The van der Waals surface area contributed by atoms with Crippen LogP contribution in [0.5, 0.6) is 0 Å². The number of tetrazole rings is 1. The van der Waals surface area contributed by atoms with Crippen molar-refractivity contribution in [3.05, 3.63) is 76.7 Å². The number of nitrogens with one attached hydrogen (secondary N) is 1. The van der Waals surface area contributed by atoms with Crippen LogP contribution in [0.15, 0.2) is 43.0 Å². The lowest BCUT2D eigenvalue weighted by Gasteiger charge is -2.59. The molecule has 6 rings (SSSR count). The topological polar surface area (TPSA) is 126 Å². The number of rotatable bonds is 5. The van der Waals surface area contributed by atoms with Gasteiger partial charge in [0.05, 0.1) is 35.2 Å². The Morgan fingerprint density at radius 1 is 1.12 bits per heavy atom. The molecule has 0 aliphatic carbocycles. The normalized spacial score (nSPS) is 22.7. The van der Waals surface area contributed by atoms with Crippen molar-refractivity contribution >= 4 is 62.3 Å². The number of fused-ring (bicyclic) bond motifs is 1. The van der Waals surface area contributed by atoms with Gasteiger partial charge in [0.15, 0.2) is 11.6 Å². The van der Waals surface area contributed by atoms with Gasteiger partial charge in [0.25, 0.3) is 0 Å². The first kappa shape index (κ1) is 28.4. The van der Waals surface area contributed by atoms with Crippen molar-refractivity contribution in [2.75, 3.05) is 0 Å². The van der Waals surface area contributed by atoms with Gasteiger partial charge in [-0.3, -0.25) is 9.78 Å². The minimum atomic E-state index is -0.836. The first-order valence-electron chi connectivity index (χ1n) is 13.4. The number of aromatic amines is 1. The molecule has 0 spiro atoms. The van der Waals surface area contributed by atoms with E-state index in [2.05, 4.69) is 46.2 Å². The van der Waals surface area contributed by atoms with Crippen LogP contribution in [-0.4, -0.2) is 95.7 Å². The van der Waals surface area contributed by atoms with Crippen LogP contribution in [0.25, 0.3) is 22.5 Å². The predicted molar refractivity (Wildman–Crippen MR) is 165 cm³/mol. The zero-order valence-electron chi connectivity index (χ0n) is 23.7. The Hall–Kier alpha value is -3.71. The summed E-state index contributed by atoms with van der Waals surface area (Å²) in [6.45, 7) is -0.537. The van der Waals surface area contributed by atoms with E-state index in [1.807, 2.05) is 23.5 Å². The number of hydrogen-bond donors (Lipinski definition) is 2. The van der Waals surface area contributed by atoms with Crippen molar-refractivity contribution in [1.82, 2.24) is 40.1 Å². The van der Waals surface area contributed by atoms with Gasteiger partial charge >= 0.3 is 0 Å². The molecule has 3 aromatic heterocycles. The Labute approximate surface area is 249 Å². The second kappa shape index (κ2) is 9.67. The molecule has 2 atom stereocenters. The lowest BCUT2D eigenvalue weighted by atomic mass is 9.25. The molecule has 208 valence electrons. The number of pyridine rings is 1. The third-order valence-corrected chi connectivity index (χ3v) is 9.75. The predicted octanol–water partition coefficient (Wildman–Crippen LogP) is -1.66. The van der Waals surface area contributed by atoms with Crippen LogP contribution in [-0.2, 0) is 11.4 Å². The molecule has 0 saturated carbocycles. The Balaban J connectivity index is 1.49. The highest BCUT2D eigenvalue weighted by atomic mass is 35.5. The van der Waals surface area contributed by atoms with Crippen LogP contribution in [0, 0.1) is 11.6 Å². The van der Waals surface area contributed by atoms with Crippen LogP contribution in [0.3, 0.4) is 0 Å². The molecular weight excluding hydrogens is 560 g/mol. The molecule has 5 heterocycles. The minimum absolute atomic E-state index is 0.0712. The molecule has 18 heteroatoms. The first-order chi connectivity index (χ1) is 19.8. The lowest BCUT2D eigenvalue weighted by Crippen LogP contribution is -2.64. The number of nitrogens with zero attached hydrogens (tertiary/aromatic N) is 7. The van der Waals surface area contributed by atoms with Crippen LogP contribution in [0.4, 0.5) is 8.78 Å². The summed E-state index contributed by atoms with van der Waals surface area (Å²) in [5, 5.41) is 19.4. The molecule has 10 nitrogen and oxygen atoms in total. The standard InChI is InChI=1S/C24H24B5ClF2N8O2/c25-22(26)6-16(21-34-7-13(36-21)10-3-4-33-14(8-41)19(10)31)40-17(42)5-11(23(27,28)24(22,40)29)18-15(39-9-35-37-38-39)2-1-12(30)20(18)32/h1-5,7,9,16,41H,6,8,25-29H2,(H,34,36)/t16-,24+/m0/s1. The van der Waals surface area contributed by atoms with E-state index in [1.54, 1.807) is 11.0 Å². The van der Waals surface area contributed by atoms with Gasteiger partial charge in [-0.1, -0.05) is 16.8 Å². The number of aromatic nitrogens is 7. The molecule has 1 saturated heterocycles. The fourth-order valence-corrected chi connectivity index (χ4v) is 7.04. The number of hydrogen-bond acceptors (Lipinski definition) is 7. The highest BCUT2D eigenvalue weighted by molar-refractivity contribution is 6.57. The van der Waals surface area contributed by atoms with Gasteiger partial charge in [-0.05, 0) is 51.3 Å². The summed E-state index contributed by atoms with van der Waals surface area (Å²) >= 11 is 6.27. The Bertz CT molecular complexity index is 1770. The molecule has 4 aromatic rings. The monoisotopic (exact) mass is 584 g/mol. The van der Waals surface area contributed by atoms with Gasteiger partial charge in [0.1, 0.15) is 57.1 Å². The molecular formula is C24H24B5ClF2N8O2. The van der Waals surface area contributed by atoms with Crippen LogP contribution < -0.4 is 0 Å². The fraction of sp³-hybridized carbons (Fsp3) is 0.250. The molecule has 1 fully saturated rings. The highest BCUT2D eigenvalue weighted by Crippen LogP contribution is 2.66. The number of aliphatic hydroxyl groups excluding tert-OH is 1. The number of amides is 1. The second-order valence-corrected chi connectivity index (χ2v) is 12.4. The summed E-state index contributed by atoms with van der Waals surface area (Å²) in [6.07, 6.45) is 6.28. The third-order valence-electron chi connectivity index (χ3n) is 9.46. The van der Waals surface area contributed by atoms with Crippen molar-refractivity contribution in [3.8, 4) is 16.9 Å².